The van der Waals surface area contributed by atoms with Crippen LogP contribution < -0.4 is 5.32 Å². The van der Waals surface area contributed by atoms with Gasteiger partial charge < -0.3 is 10.2 Å². The Morgan fingerprint density at radius 2 is 1.89 bits per heavy atom. The van der Waals surface area contributed by atoms with Crippen molar-refractivity contribution < 1.29 is 9.59 Å². The number of nitrogens with one attached hydrogen (secondary N) is 1. The van der Waals surface area contributed by atoms with E-state index in [0.29, 0.717) is 12.8 Å². The fourth-order valence-corrected chi connectivity index (χ4v) is 3.14. The molecule has 1 N–H and O–H groups in total. The second-order valence-corrected chi connectivity index (χ2v) is 6.01. The van der Waals surface area contributed by atoms with E-state index in [1.165, 1.54) is 12.8 Å². The number of carbonyl (C=O) groups is 2. The van der Waals surface area contributed by atoms with E-state index in [-0.39, 0.29) is 24.4 Å². The summed E-state index contributed by atoms with van der Waals surface area (Å²) in [5.41, 5.74) is -0.660. The lowest BCUT2D eigenvalue weighted by molar-refractivity contribution is -0.153. The van der Waals surface area contributed by atoms with Crippen LogP contribution in [0.2, 0.25) is 0 Å². The summed E-state index contributed by atoms with van der Waals surface area (Å²) in [6.07, 6.45) is 5.93. The highest BCUT2D eigenvalue weighted by molar-refractivity contribution is 5.98. The van der Waals surface area contributed by atoms with Crippen LogP contribution in [0.3, 0.4) is 0 Å². The predicted octanol–water partition coefficient (Wildman–Crippen LogP) is 2.08. The summed E-state index contributed by atoms with van der Waals surface area (Å²) in [5.74, 6) is 0.905. The molecular weight excluding hydrogens is 240 g/mol. The summed E-state index contributed by atoms with van der Waals surface area (Å²) >= 11 is 0. The van der Waals surface area contributed by atoms with Gasteiger partial charge in [-0.05, 0) is 31.6 Å². The largest absolute Gasteiger partial charge is 0.340 e. The minimum atomic E-state index is -0.660. The minimum absolute atomic E-state index is 0.00227. The van der Waals surface area contributed by atoms with Crippen LogP contribution in [0, 0.1) is 5.92 Å². The lowest BCUT2D eigenvalue weighted by Crippen LogP contribution is -2.67. The van der Waals surface area contributed by atoms with E-state index in [1.807, 2.05) is 18.7 Å². The first-order chi connectivity index (χ1) is 9.06. The molecule has 1 heterocycles. The number of carbonyl (C=O) groups excluding carboxylic acids is 2. The van der Waals surface area contributed by atoms with E-state index in [0.717, 1.165) is 18.8 Å². The molecule has 2 amide bonds. The van der Waals surface area contributed by atoms with Gasteiger partial charge in [0.15, 0.2) is 0 Å². The van der Waals surface area contributed by atoms with Crippen molar-refractivity contribution >= 4 is 11.8 Å². The topological polar surface area (TPSA) is 49.4 Å². The van der Waals surface area contributed by atoms with Crippen LogP contribution in [0.1, 0.15) is 59.3 Å². The molecule has 2 fully saturated rings. The Morgan fingerprint density at radius 1 is 1.26 bits per heavy atom. The normalized spacial score (nSPS) is 24.3. The van der Waals surface area contributed by atoms with Crippen molar-refractivity contribution in [1.82, 2.24) is 10.2 Å². The SMILES string of the molecule is CCC(CC1CC1)N1CC(=O)NC(CC)(CC)C1=O. The second-order valence-electron chi connectivity index (χ2n) is 6.01. The number of piperazine rings is 1. The Morgan fingerprint density at radius 3 is 2.37 bits per heavy atom. The molecule has 108 valence electrons. The summed E-state index contributed by atoms with van der Waals surface area (Å²) in [4.78, 5) is 26.6. The summed E-state index contributed by atoms with van der Waals surface area (Å²) in [6, 6.07) is 0.239. The van der Waals surface area contributed by atoms with Gasteiger partial charge in [0.1, 0.15) is 5.54 Å². The van der Waals surface area contributed by atoms with Gasteiger partial charge in [0.2, 0.25) is 11.8 Å². The molecule has 1 unspecified atom stereocenters. The summed E-state index contributed by atoms with van der Waals surface area (Å²) in [5, 5.41) is 2.93. The molecule has 0 aromatic rings. The van der Waals surface area contributed by atoms with Crippen molar-refractivity contribution in [3.63, 3.8) is 0 Å². The number of hydrogen-bond acceptors (Lipinski definition) is 2. The van der Waals surface area contributed by atoms with Crippen molar-refractivity contribution in [3.8, 4) is 0 Å². The van der Waals surface area contributed by atoms with Gasteiger partial charge in [0, 0.05) is 6.04 Å². The minimum Gasteiger partial charge on any atom is -0.340 e. The summed E-state index contributed by atoms with van der Waals surface area (Å²) < 4.78 is 0. The maximum absolute atomic E-state index is 12.8. The van der Waals surface area contributed by atoms with Gasteiger partial charge in [0.05, 0.1) is 6.54 Å². The van der Waals surface area contributed by atoms with Crippen molar-refractivity contribution in [2.75, 3.05) is 6.54 Å². The van der Waals surface area contributed by atoms with Crippen molar-refractivity contribution in [2.24, 2.45) is 5.92 Å². The molecule has 0 spiro atoms. The lowest BCUT2D eigenvalue weighted by atomic mass is 9.87. The summed E-state index contributed by atoms with van der Waals surface area (Å²) in [7, 11) is 0. The zero-order chi connectivity index (χ0) is 14.0. The van der Waals surface area contributed by atoms with Crippen LogP contribution in [0.25, 0.3) is 0 Å². The van der Waals surface area contributed by atoms with E-state index in [9.17, 15) is 9.59 Å². The molecule has 4 heteroatoms. The molecule has 2 rings (SSSR count). The van der Waals surface area contributed by atoms with Crippen LogP contribution in [-0.2, 0) is 9.59 Å². The highest BCUT2D eigenvalue weighted by Crippen LogP contribution is 2.36. The van der Waals surface area contributed by atoms with Gasteiger partial charge in [-0.25, -0.2) is 0 Å². The summed E-state index contributed by atoms with van der Waals surface area (Å²) in [6.45, 7) is 6.32. The molecule has 1 atom stereocenters. The number of nitrogens with zero attached hydrogens (tertiary/aromatic N) is 1. The van der Waals surface area contributed by atoms with Crippen LogP contribution in [0.15, 0.2) is 0 Å². The van der Waals surface area contributed by atoms with Crippen LogP contribution >= 0.6 is 0 Å². The first-order valence-corrected chi connectivity index (χ1v) is 7.68. The van der Waals surface area contributed by atoms with Gasteiger partial charge in [-0.2, -0.15) is 0 Å². The smallest absolute Gasteiger partial charge is 0.249 e. The molecule has 0 bridgehead atoms. The van der Waals surface area contributed by atoms with E-state index in [4.69, 9.17) is 0 Å². The van der Waals surface area contributed by atoms with Crippen molar-refractivity contribution in [1.29, 1.82) is 0 Å². The molecule has 1 saturated heterocycles. The molecular formula is C15H26N2O2. The average Bonchev–Trinajstić information content (AvgIpc) is 3.22. The Hall–Kier alpha value is -1.06. The standard InChI is InChI=1S/C15H26N2O2/c1-4-12(9-11-7-8-11)17-10-13(18)16-15(5-2,6-3)14(17)19/h11-12H,4-10H2,1-3H3,(H,16,18). The van der Waals surface area contributed by atoms with E-state index >= 15 is 0 Å². The van der Waals surface area contributed by atoms with Crippen LogP contribution in [-0.4, -0.2) is 34.8 Å². The van der Waals surface area contributed by atoms with Crippen LogP contribution in [0.4, 0.5) is 0 Å². The average molecular weight is 266 g/mol. The quantitative estimate of drug-likeness (QED) is 0.800. The third-order valence-electron chi connectivity index (χ3n) is 4.78. The van der Waals surface area contributed by atoms with E-state index < -0.39 is 5.54 Å². The zero-order valence-electron chi connectivity index (χ0n) is 12.4. The van der Waals surface area contributed by atoms with Crippen molar-refractivity contribution in [2.45, 2.75) is 70.9 Å². The number of amides is 2. The third-order valence-corrected chi connectivity index (χ3v) is 4.78. The molecule has 4 nitrogen and oxygen atoms in total. The molecule has 0 aromatic heterocycles. The van der Waals surface area contributed by atoms with Gasteiger partial charge in [-0.15, -0.1) is 0 Å². The fraction of sp³-hybridized carbons (Fsp3) is 0.867. The van der Waals surface area contributed by atoms with Gasteiger partial charge in [0.25, 0.3) is 0 Å². The monoisotopic (exact) mass is 266 g/mol. The van der Waals surface area contributed by atoms with Gasteiger partial charge >= 0.3 is 0 Å². The first-order valence-electron chi connectivity index (χ1n) is 7.68. The van der Waals surface area contributed by atoms with E-state index in [2.05, 4.69) is 12.2 Å². The molecule has 0 aromatic carbocycles. The molecule has 1 saturated carbocycles. The second kappa shape index (κ2) is 5.51. The number of hydrogen-bond donors (Lipinski definition) is 1. The Balaban J connectivity index is 2.17. The Labute approximate surface area is 115 Å². The molecule has 0 radical (unpaired) electrons. The highest BCUT2D eigenvalue weighted by atomic mass is 16.2. The third kappa shape index (κ3) is 2.77. The van der Waals surface area contributed by atoms with E-state index in [1.54, 1.807) is 0 Å². The Bertz CT molecular complexity index is 359. The highest BCUT2D eigenvalue weighted by Gasteiger charge is 2.46. The zero-order valence-corrected chi connectivity index (χ0v) is 12.4. The Kier molecular flexibility index (Phi) is 4.16. The molecule has 1 aliphatic heterocycles. The maximum atomic E-state index is 12.8. The maximum Gasteiger partial charge on any atom is 0.249 e. The predicted molar refractivity (Wildman–Crippen MR) is 74.6 cm³/mol. The fourth-order valence-electron chi connectivity index (χ4n) is 3.14. The van der Waals surface area contributed by atoms with Gasteiger partial charge in [-0.3, -0.25) is 9.59 Å². The first kappa shape index (κ1) is 14.4. The van der Waals surface area contributed by atoms with Gasteiger partial charge in [-0.1, -0.05) is 33.6 Å². The molecule has 2 aliphatic rings. The van der Waals surface area contributed by atoms with Crippen LogP contribution in [0.5, 0.6) is 0 Å². The number of rotatable bonds is 6. The molecule has 19 heavy (non-hydrogen) atoms. The lowest BCUT2D eigenvalue weighted by Gasteiger charge is -2.44. The molecule has 1 aliphatic carbocycles. The van der Waals surface area contributed by atoms with Crippen molar-refractivity contribution in [3.05, 3.63) is 0 Å².